The molecular weight excluding hydrogens is 805 g/mol. The Labute approximate surface area is 375 Å². The molecule has 2 aromatic carbocycles. The van der Waals surface area contributed by atoms with Crippen LogP contribution in [0.5, 0.6) is 17.2 Å². The number of aryl methyl sites for hydroxylation is 1. The Bertz CT molecular complexity index is 2470. The van der Waals surface area contributed by atoms with E-state index in [2.05, 4.69) is 47.5 Å². The molecule has 5 aliphatic heterocycles. The number of phenolic OH excluding ortho intramolecular Hbond substituents is 1. The number of Topliss-reactive ketones (excluding diaryl/α,β-unsaturated/α-hetero) is 1. The number of hydrogen-bond donors (Lipinski definition) is 7. The van der Waals surface area contributed by atoms with Gasteiger partial charge in [-0.2, -0.15) is 0 Å². The highest BCUT2D eigenvalue weighted by Crippen LogP contribution is 2.52. The van der Waals surface area contributed by atoms with Crippen LogP contribution < -0.4 is 25.4 Å². The van der Waals surface area contributed by atoms with Gasteiger partial charge < -0.3 is 35.6 Å². The van der Waals surface area contributed by atoms with Crippen molar-refractivity contribution in [2.24, 2.45) is 39.8 Å². The predicted octanol–water partition coefficient (Wildman–Crippen LogP) is 5.41. The Morgan fingerprint density at radius 3 is 2.66 bits per heavy atom. The smallest absolute Gasteiger partial charge is 0.252 e. The number of fused-ring (bicyclic) bond motifs is 6. The van der Waals surface area contributed by atoms with Crippen molar-refractivity contribution >= 4 is 11.5 Å². The number of allylic oxidation sites excluding steroid dienone is 2. The van der Waals surface area contributed by atoms with E-state index in [4.69, 9.17) is 20.2 Å². The van der Waals surface area contributed by atoms with Crippen molar-refractivity contribution in [3.05, 3.63) is 87.8 Å². The fourth-order valence-corrected chi connectivity index (χ4v) is 13.1. The lowest BCUT2D eigenvalue weighted by molar-refractivity contribution is -0.888. The van der Waals surface area contributed by atoms with E-state index in [1.807, 2.05) is 18.3 Å². The predicted molar refractivity (Wildman–Crippen MR) is 241 cm³/mol. The number of nitrogens with one attached hydrogen (secondary N) is 2. The Kier molecular flexibility index (Phi) is 11.1. The van der Waals surface area contributed by atoms with Crippen molar-refractivity contribution in [2.45, 2.75) is 139 Å². The average molecular weight is 866 g/mol. The first-order chi connectivity index (χ1) is 31.1. The molecule has 5 heterocycles. The normalized spacial score (nSPS) is 33.5. The van der Waals surface area contributed by atoms with E-state index >= 15 is 0 Å². The zero-order valence-corrected chi connectivity index (χ0v) is 36.5. The first-order valence-electron chi connectivity index (χ1n) is 24.1. The van der Waals surface area contributed by atoms with Gasteiger partial charge >= 0.3 is 0 Å². The van der Waals surface area contributed by atoms with Crippen LogP contribution in [-0.2, 0) is 11.2 Å². The van der Waals surface area contributed by atoms with E-state index < -0.39 is 41.8 Å². The summed E-state index contributed by atoms with van der Waals surface area (Å²) in [6.45, 7) is 1.38. The molecule has 11 nitrogen and oxygen atoms in total. The van der Waals surface area contributed by atoms with Crippen molar-refractivity contribution in [2.75, 3.05) is 13.1 Å². The van der Waals surface area contributed by atoms with Gasteiger partial charge in [0.15, 0.2) is 11.5 Å². The summed E-state index contributed by atoms with van der Waals surface area (Å²) in [7, 11) is 0. The second-order valence-corrected chi connectivity index (χ2v) is 20.2. The van der Waals surface area contributed by atoms with Gasteiger partial charge in [-0.3, -0.25) is 20.0 Å². The third kappa shape index (κ3) is 7.43. The summed E-state index contributed by atoms with van der Waals surface area (Å²) in [6, 6.07) is 7.36. The largest absolute Gasteiger partial charge is 0.508 e. The Hall–Kier alpha value is -4.72. The van der Waals surface area contributed by atoms with Gasteiger partial charge in [-0.1, -0.05) is 74.2 Å². The summed E-state index contributed by atoms with van der Waals surface area (Å²) in [4.78, 5) is 19.5. The molecule has 0 radical (unpaired) electrons. The van der Waals surface area contributed by atoms with Gasteiger partial charge in [-0.15, -0.1) is 0 Å². The molecule has 0 saturated heterocycles. The molecule has 2 fully saturated rings. The molecule has 4 aliphatic carbocycles. The number of nitrogens with zero attached hydrogens (tertiary/aromatic N) is 1. The van der Waals surface area contributed by atoms with E-state index in [0.29, 0.717) is 42.0 Å². The van der Waals surface area contributed by atoms with Crippen molar-refractivity contribution in [3.63, 3.8) is 0 Å². The molecule has 334 valence electrons. The summed E-state index contributed by atoms with van der Waals surface area (Å²) in [6.07, 6.45) is 20.2. The second kappa shape index (κ2) is 16.9. The zero-order valence-electron chi connectivity index (χ0n) is 36.5. The van der Waals surface area contributed by atoms with Crippen molar-refractivity contribution < 1.29 is 39.6 Å². The van der Waals surface area contributed by atoms with Crippen molar-refractivity contribution in [1.82, 2.24) is 5.32 Å². The number of hydrogen-bond acceptors (Lipinski definition) is 10. The zero-order chi connectivity index (χ0) is 43.7. The van der Waals surface area contributed by atoms with Crippen LogP contribution >= 0.6 is 0 Å². The Morgan fingerprint density at radius 2 is 1.83 bits per heavy atom. The fraction of sp³-hybridized carbons (Fsp3) is 0.547. The molecule has 2 bridgehead atoms. The fourth-order valence-electron chi connectivity index (χ4n) is 13.1. The van der Waals surface area contributed by atoms with Crippen LogP contribution in [0, 0.1) is 53.0 Å². The van der Waals surface area contributed by atoms with Crippen LogP contribution in [0.15, 0.2) is 65.0 Å². The lowest BCUT2D eigenvalue weighted by Gasteiger charge is -2.41. The van der Waals surface area contributed by atoms with E-state index in [1.54, 1.807) is 6.07 Å². The number of rotatable bonds is 7. The van der Waals surface area contributed by atoms with Crippen molar-refractivity contribution in [1.29, 1.82) is 0 Å². The molecule has 64 heavy (non-hydrogen) atoms. The third-order valence-electron chi connectivity index (χ3n) is 16.5. The van der Waals surface area contributed by atoms with Gasteiger partial charge in [0.2, 0.25) is 0 Å². The summed E-state index contributed by atoms with van der Waals surface area (Å²) >= 11 is 0. The number of aromatic hydroxyl groups is 1. The van der Waals surface area contributed by atoms with Crippen LogP contribution in [0.1, 0.15) is 142 Å². The molecule has 2 saturated carbocycles. The molecule has 9 aliphatic rings. The maximum Gasteiger partial charge on any atom is 0.252 e. The number of ether oxygens (including phenoxy) is 2. The van der Waals surface area contributed by atoms with E-state index in [9.17, 15) is 25.2 Å². The molecule has 11 atom stereocenters. The minimum Gasteiger partial charge on any atom is -0.508 e. The van der Waals surface area contributed by atoms with Gasteiger partial charge in [-0.25, -0.2) is 0 Å². The highest BCUT2D eigenvalue weighted by atomic mass is 16.5. The lowest BCUT2D eigenvalue weighted by Crippen LogP contribution is -3.13. The number of quaternary nitrogens is 1. The molecule has 2 aromatic rings. The quantitative estimate of drug-likeness (QED) is 0.142. The molecule has 0 aromatic heterocycles. The summed E-state index contributed by atoms with van der Waals surface area (Å²) < 4.78 is 13.3. The topological polar surface area (TPSA) is 171 Å². The average Bonchev–Trinajstić information content (AvgIpc) is 4.05. The van der Waals surface area contributed by atoms with Gasteiger partial charge in [0, 0.05) is 43.5 Å². The van der Waals surface area contributed by atoms with E-state index in [0.717, 1.165) is 83.5 Å². The number of aliphatic hydroxyl groups is 3. The molecule has 11 unspecified atom stereocenters. The number of carbonyl (C=O) groups excluding carboxylic acids is 1. The minimum atomic E-state index is -1.05. The maximum absolute atomic E-state index is 13.4. The van der Waals surface area contributed by atoms with Gasteiger partial charge in [0.1, 0.15) is 48.1 Å². The Balaban J connectivity index is 0.895. The second-order valence-electron chi connectivity index (χ2n) is 20.2. The molecular formula is C53H61N4O7+. The lowest BCUT2D eigenvalue weighted by atomic mass is 9.67. The molecule has 0 amide bonds. The highest BCUT2D eigenvalue weighted by Gasteiger charge is 2.52. The van der Waals surface area contributed by atoms with Crippen LogP contribution in [-0.4, -0.2) is 63.4 Å². The van der Waals surface area contributed by atoms with E-state index in [1.165, 1.54) is 43.7 Å². The third-order valence-corrected chi connectivity index (χ3v) is 16.5. The number of benzene rings is 2. The molecule has 11 heteroatoms. The number of ketones is 1. The van der Waals surface area contributed by atoms with Crippen LogP contribution in [0.3, 0.4) is 0 Å². The Morgan fingerprint density at radius 1 is 1.00 bits per heavy atom. The van der Waals surface area contributed by atoms with E-state index in [-0.39, 0.29) is 48.6 Å². The molecule has 8 N–H and O–H groups in total. The number of phenols is 1. The van der Waals surface area contributed by atoms with Gasteiger partial charge in [-0.05, 0) is 109 Å². The summed E-state index contributed by atoms with van der Waals surface area (Å²) in [5.74, 6) is 11.3. The maximum atomic E-state index is 13.4. The highest BCUT2D eigenvalue weighted by molar-refractivity contribution is 6.08. The molecule has 1 spiro atoms. The summed E-state index contributed by atoms with van der Waals surface area (Å²) in [5.41, 5.74) is 14.2. The van der Waals surface area contributed by atoms with Crippen LogP contribution in [0.2, 0.25) is 0 Å². The van der Waals surface area contributed by atoms with Crippen LogP contribution in [0.4, 0.5) is 0 Å². The molecule has 11 rings (SSSR count). The summed E-state index contributed by atoms with van der Waals surface area (Å²) in [5, 5.41) is 49.3. The number of carbonyl (C=O) groups is 1. The SMILES string of the molecule is NC1NCC2CCC3C4=CN=C5C[NH+](C=C45)C4Oc5cc(CCC(=O)CC(O)C6C=CC(C7CCCCC7)CC6O)c(O)cc5OC#CC5(CCCC5)C4C#CC(O)c4ccc1c2c43. The number of aliphatic imine (C=N–C) groups is 1. The standard InChI is InChI=1S/C53H60N4O7/c54-51-38-15-14-37-43(59)17-16-41-52(57-28-40-39(27-55-42(40)29-57)35-12-10-33(26-56-51)49(38)50(35)37)64-48-23-32(44(60)25-47(48)63-21-20-53(41)18-4-5-19-53)8-11-34(58)24-46(62)36-13-9-31(22-45(36)61)30-6-2-1-3-7-30/h9,13-15,23,25,27-28,30-31,33,35-36,41,43,45-46,51-52,56,59-62H,1-8,10-12,18-19,22,24,26,29,54H2/p+1. The monoisotopic (exact) mass is 865 g/mol. The van der Waals surface area contributed by atoms with Crippen LogP contribution in [0.25, 0.3) is 0 Å². The van der Waals surface area contributed by atoms with Gasteiger partial charge in [0.25, 0.3) is 6.23 Å². The minimum absolute atomic E-state index is 0.0322. The number of aliphatic hydroxyl groups excluding tert-OH is 3. The number of nitrogens with two attached hydrogens (primary N) is 1. The van der Waals surface area contributed by atoms with Gasteiger partial charge in [0.05, 0.1) is 29.4 Å². The van der Waals surface area contributed by atoms with Crippen molar-refractivity contribution in [3.8, 4) is 41.1 Å². The first-order valence-corrected chi connectivity index (χ1v) is 24.1. The first kappa shape index (κ1) is 41.9.